The molecule has 2 aromatic rings. The average molecular weight is 552 g/mol. The molecule has 3 N–H and O–H groups in total. The zero-order chi connectivity index (χ0) is 25.5. The Morgan fingerprint density at radius 2 is 2.03 bits per heavy atom. The first-order chi connectivity index (χ1) is 16.5. The molecule has 2 aliphatic rings. The Kier molecular flexibility index (Phi) is 7.31. The number of nitrogens with one attached hydrogen (secondary N) is 1. The molecule has 1 aliphatic heterocycles. The van der Waals surface area contributed by atoms with Gasteiger partial charge in [-0.3, -0.25) is 9.59 Å². The lowest BCUT2D eigenvalue weighted by Crippen LogP contribution is -2.51. The molecule has 1 aromatic heterocycles. The van der Waals surface area contributed by atoms with Gasteiger partial charge in [0.15, 0.2) is 0 Å². The third-order valence-electron chi connectivity index (χ3n) is 6.55. The molecule has 0 spiro atoms. The molecule has 0 radical (unpaired) electrons. The van der Waals surface area contributed by atoms with E-state index < -0.39 is 48.0 Å². The van der Waals surface area contributed by atoms with Gasteiger partial charge in [0.2, 0.25) is 11.8 Å². The number of rotatable bonds is 7. The standard InChI is InChI=1S/C24H31BrFN5O4/c1-24(2,3)21(31-11-18(28-29-31)13-4-5-13)23(35)30-10-15(33)9-20(30)22(34)27-19(12-32)14-6-7-16(25)17(26)8-14/h6-8,11,13,15,19-21,32-33H,4-5,9-10,12H2,1-3H3,(H,27,34). The summed E-state index contributed by atoms with van der Waals surface area (Å²) in [4.78, 5) is 28.4. The summed E-state index contributed by atoms with van der Waals surface area (Å²) >= 11 is 3.09. The number of amides is 2. The smallest absolute Gasteiger partial charge is 0.248 e. The monoisotopic (exact) mass is 551 g/mol. The number of hydrogen-bond donors (Lipinski definition) is 3. The Hall–Kier alpha value is -2.37. The second-order valence-electron chi connectivity index (χ2n) is 10.5. The van der Waals surface area contributed by atoms with Gasteiger partial charge < -0.3 is 20.4 Å². The lowest BCUT2D eigenvalue weighted by Gasteiger charge is -2.35. The number of benzene rings is 1. The molecule has 1 saturated carbocycles. The van der Waals surface area contributed by atoms with E-state index in [0.717, 1.165) is 18.5 Å². The quantitative estimate of drug-likeness (QED) is 0.486. The highest BCUT2D eigenvalue weighted by Crippen LogP contribution is 2.40. The SMILES string of the molecule is CC(C)(C)C(C(=O)N1CC(O)CC1C(=O)NC(CO)c1ccc(Br)c(F)c1)n1cc(C2CC2)nn1. The lowest BCUT2D eigenvalue weighted by atomic mass is 9.85. The van der Waals surface area contributed by atoms with E-state index in [1.807, 2.05) is 20.8 Å². The molecule has 4 atom stereocenters. The molecular weight excluding hydrogens is 521 g/mol. The van der Waals surface area contributed by atoms with Crippen LogP contribution in [-0.4, -0.2) is 67.2 Å². The fraction of sp³-hybridized carbons (Fsp3) is 0.583. The summed E-state index contributed by atoms with van der Waals surface area (Å²) in [7, 11) is 0. The molecule has 11 heteroatoms. The molecule has 1 aliphatic carbocycles. The average Bonchev–Trinajstić information content (AvgIpc) is 3.40. The van der Waals surface area contributed by atoms with Gasteiger partial charge in [-0.1, -0.05) is 32.1 Å². The van der Waals surface area contributed by atoms with Gasteiger partial charge in [0.05, 0.1) is 28.9 Å². The lowest BCUT2D eigenvalue weighted by molar-refractivity contribution is -0.144. The summed E-state index contributed by atoms with van der Waals surface area (Å²) in [5, 5.41) is 31.4. The number of aromatic nitrogens is 3. The topological polar surface area (TPSA) is 121 Å². The van der Waals surface area contributed by atoms with Crippen LogP contribution in [0.15, 0.2) is 28.9 Å². The summed E-state index contributed by atoms with van der Waals surface area (Å²) in [5.74, 6) is -1.00. The molecule has 35 heavy (non-hydrogen) atoms. The molecule has 1 saturated heterocycles. The van der Waals surface area contributed by atoms with Crippen molar-refractivity contribution in [3.05, 3.63) is 45.9 Å². The Morgan fingerprint density at radius 1 is 1.31 bits per heavy atom. The summed E-state index contributed by atoms with van der Waals surface area (Å²) < 4.78 is 15.8. The number of carbonyl (C=O) groups excluding carboxylic acids is 2. The van der Waals surface area contributed by atoms with Crippen LogP contribution >= 0.6 is 15.9 Å². The number of hydrogen-bond acceptors (Lipinski definition) is 6. The summed E-state index contributed by atoms with van der Waals surface area (Å²) in [6, 6.07) is 1.79. The number of carbonyl (C=O) groups is 2. The zero-order valence-electron chi connectivity index (χ0n) is 20.0. The Balaban J connectivity index is 1.55. The largest absolute Gasteiger partial charge is 0.394 e. The zero-order valence-corrected chi connectivity index (χ0v) is 21.6. The number of aliphatic hydroxyl groups is 2. The van der Waals surface area contributed by atoms with Gasteiger partial charge >= 0.3 is 0 Å². The van der Waals surface area contributed by atoms with E-state index in [1.165, 1.54) is 17.0 Å². The highest BCUT2D eigenvalue weighted by Gasteiger charge is 2.45. The van der Waals surface area contributed by atoms with Gasteiger partial charge in [-0.2, -0.15) is 0 Å². The maximum atomic E-state index is 14.0. The molecule has 9 nitrogen and oxygen atoms in total. The van der Waals surface area contributed by atoms with Crippen LogP contribution in [0.5, 0.6) is 0 Å². The van der Waals surface area contributed by atoms with Crippen LogP contribution < -0.4 is 5.32 Å². The molecule has 4 unspecified atom stereocenters. The van der Waals surface area contributed by atoms with Crippen molar-refractivity contribution in [2.45, 2.75) is 70.2 Å². The molecular formula is C24H31BrFN5O4. The van der Waals surface area contributed by atoms with Crippen LogP contribution in [0.3, 0.4) is 0 Å². The number of aliphatic hydroxyl groups excluding tert-OH is 2. The number of halogens is 2. The predicted molar refractivity (Wildman–Crippen MR) is 129 cm³/mol. The fourth-order valence-electron chi connectivity index (χ4n) is 4.56. The Labute approximate surface area is 211 Å². The number of nitrogens with zero attached hydrogens (tertiary/aromatic N) is 4. The van der Waals surface area contributed by atoms with Gasteiger partial charge in [0.1, 0.15) is 17.9 Å². The van der Waals surface area contributed by atoms with Crippen LogP contribution in [0.25, 0.3) is 0 Å². The van der Waals surface area contributed by atoms with Crippen molar-refractivity contribution in [3.63, 3.8) is 0 Å². The minimum absolute atomic E-state index is 0.00435. The highest BCUT2D eigenvalue weighted by atomic mass is 79.9. The van der Waals surface area contributed by atoms with E-state index in [0.29, 0.717) is 11.5 Å². The van der Waals surface area contributed by atoms with Crippen LogP contribution in [0, 0.1) is 11.2 Å². The Bertz CT molecular complexity index is 1100. The van der Waals surface area contributed by atoms with Crippen molar-refractivity contribution in [3.8, 4) is 0 Å². The molecule has 4 rings (SSSR count). The molecule has 2 heterocycles. The van der Waals surface area contributed by atoms with Crippen molar-refractivity contribution >= 4 is 27.7 Å². The molecule has 190 valence electrons. The van der Waals surface area contributed by atoms with Crippen LogP contribution in [0.2, 0.25) is 0 Å². The molecule has 2 amide bonds. The fourth-order valence-corrected chi connectivity index (χ4v) is 4.80. The van der Waals surface area contributed by atoms with Crippen molar-refractivity contribution < 1.29 is 24.2 Å². The number of β-amino-alcohol motifs (C(OH)–C–C–N with tert-alkyl or cyclic N) is 1. The summed E-state index contributed by atoms with van der Waals surface area (Å²) in [5.41, 5.74) is 0.707. The van der Waals surface area contributed by atoms with Crippen LogP contribution in [0.1, 0.15) is 69.3 Å². The van der Waals surface area contributed by atoms with Crippen LogP contribution in [0.4, 0.5) is 4.39 Å². The van der Waals surface area contributed by atoms with Crippen molar-refractivity contribution in [1.82, 2.24) is 25.2 Å². The minimum Gasteiger partial charge on any atom is -0.394 e. The number of likely N-dealkylation sites (tertiary alicyclic amines) is 1. The van der Waals surface area contributed by atoms with E-state index >= 15 is 0 Å². The first kappa shape index (κ1) is 25.7. The minimum atomic E-state index is -0.942. The van der Waals surface area contributed by atoms with Gasteiger partial charge in [0.25, 0.3) is 0 Å². The van der Waals surface area contributed by atoms with Crippen LogP contribution in [-0.2, 0) is 9.59 Å². The second kappa shape index (κ2) is 9.94. The van der Waals surface area contributed by atoms with Gasteiger partial charge in [-0.05, 0) is 51.9 Å². The van der Waals surface area contributed by atoms with Gasteiger partial charge in [0, 0.05) is 25.1 Å². The molecule has 1 aromatic carbocycles. The van der Waals surface area contributed by atoms with Crippen molar-refractivity contribution in [2.75, 3.05) is 13.2 Å². The first-order valence-corrected chi connectivity index (χ1v) is 12.5. The van der Waals surface area contributed by atoms with E-state index in [-0.39, 0.29) is 23.3 Å². The van der Waals surface area contributed by atoms with Crippen molar-refractivity contribution in [2.24, 2.45) is 5.41 Å². The molecule has 0 bridgehead atoms. The normalized spacial score (nSPS) is 22.2. The third kappa shape index (κ3) is 5.57. The van der Waals surface area contributed by atoms with Gasteiger partial charge in [-0.25, -0.2) is 9.07 Å². The summed E-state index contributed by atoms with van der Waals surface area (Å²) in [6.07, 6.45) is 3.11. The highest BCUT2D eigenvalue weighted by molar-refractivity contribution is 9.10. The van der Waals surface area contributed by atoms with Gasteiger partial charge in [-0.15, -0.1) is 5.10 Å². The van der Waals surface area contributed by atoms with E-state index in [2.05, 4.69) is 31.6 Å². The van der Waals surface area contributed by atoms with Crippen molar-refractivity contribution in [1.29, 1.82) is 0 Å². The van der Waals surface area contributed by atoms with E-state index in [4.69, 9.17) is 0 Å². The maximum absolute atomic E-state index is 14.0. The molecule has 2 fully saturated rings. The summed E-state index contributed by atoms with van der Waals surface area (Å²) in [6.45, 7) is 5.30. The first-order valence-electron chi connectivity index (χ1n) is 11.8. The maximum Gasteiger partial charge on any atom is 0.248 e. The Morgan fingerprint density at radius 3 is 2.63 bits per heavy atom. The van der Waals surface area contributed by atoms with E-state index in [1.54, 1.807) is 16.9 Å². The third-order valence-corrected chi connectivity index (χ3v) is 7.20. The predicted octanol–water partition coefficient (Wildman–Crippen LogP) is 2.46. The second-order valence-corrected chi connectivity index (χ2v) is 11.3. The van der Waals surface area contributed by atoms with E-state index in [9.17, 15) is 24.2 Å².